The molecule has 3 nitrogen and oxygen atoms in total. The lowest BCUT2D eigenvalue weighted by Crippen LogP contribution is -1.92. The van der Waals surface area contributed by atoms with Crippen LogP contribution in [0, 0.1) is 17.0 Å². The molecule has 0 aromatic heterocycles. The summed E-state index contributed by atoms with van der Waals surface area (Å²) in [6, 6.07) is 4.35. The summed E-state index contributed by atoms with van der Waals surface area (Å²) in [6.45, 7) is 0.960. The lowest BCUT2D eigenvalue weighted by molar-refractivity contribution is -0.385. The number of alkyl halides is 1. The van der Waals surface area contributed by atoms with Gasteiger partial charge in [0.15, 0.2) is 0 Å². The van der Waals surface area contributed by atoms with Gasteiger partial charge >= 0.3 is 0 Å². The summed E-state index contributed by atoms with van der Waals surface area (Å²) in [4.78, 5) is 9.87. The maximum Gasteiger partial charge on any atom is 0.272 e. The third-order valence-corrected chi connectivity index (χ3v) is 1.62. The molecule has 4 heteroatoms. The Labute approximate surface area is 69.0 Å². The van der Waals surface area contributed by atoms with E-state index in [1.54, 1.807) is 19.1 Å². The van der Waals surface area contributed by atoms with Gasteiger partial charge in [-0.15, -0.1) is 0 Å². The van der Waals surface area contributed by atoms with Crippen molar-refractivity contribution < 1.29 is 9.31 Å². The highest BCUT2D eigenvalue weighted by molar-refractivity contribution is 5.42. The quantitative estimate of drug-likeness (QED) is 0.503. The third kappa shape index (κ3) is 1.58. The fraction of sp³-hybridized carbons (Fsp3) is 0.250. The van der Waals surface area contributed by atoms with Gasteiger partial charge in [0, 0.05) is 11.6 Å². The van der Waals surface area contributed by atoms with Gasteiger partial charge in [0.1, 0.15) is 6.67 Å². The van der Waals surface area contributed by atoms with E-state index in [-0.39, 0.29) is 5.69 Å². The fourth-order valence-electron chi connectivity index (χ4n) is 0.935. The molecule has 0 fully saturated rings. The Morgan fingerprint density at radius 2 is 2.25 bits per heavy atom. The van der Waals surface area contributed by atoms with Crippen LogP contribution in [0.25, 0.3) is 0 Å². The van der Waals surface area contributed by atoms with Crippen LogP contribution in [0.4, 0.5) is 10.1 Å². The van der Waals surface area contributed by atoms with E-state index in [4.69, 9.17) is 0 Å². The summed E-state index contributed by atoms with van der Waals surface area (Å²) in [5.74, 6) is 0. The Kier molecular flexibility index (Phi) is 2.38. The predicted molar refractivity (Wildman–Crippen MR) is 42.6 cm³/mol. The molecule has 0 saturated heterocycles. The van der Waals surface area contributed by atoms with Crippen molar-refractivity contribution in [2.75, 3.05) is 0 Å². The van der Waals surface area contributed by atoms with Crippen molar-refractivity contribution in [2.24, 2.45) is 0 Å². The van der Waals surface area contributed by atoms with Crippen LogP contribution in [-0.4, -0.2) is 4.92 Å². The first-order chi connectivity index (χ1) is 5.65. The van der Waals surface area contributed by atoms with E-state index in [0.29, 0.717) is 11.1 Å². The van der Waals surface area contributed by atoms with E-state index in [1.807, 2.05) is 0 Å². The van der Waals surface area contributed by atoms with E-state index in [9.17, 15) is 14.5 Å². The fourth-order valence-corrected chi connectivity index (χ4v) is 0.935. The number of aryl methyl sites for hydroxylation is 1. The first-order valence-corrected chi connectivity index (χ1v) is 3.45. The second-order valence-corrected chi connectivity index (χ2v) is 2.51. The van der Waals surface area contributed by atoms with E-state index < -0.39 is 11.6 Å². The van der Waals surface area contributed by atoms with E-state index in [1.165, 1.54) is 6.07 Å². The maximum absolute atomic E-state index is 12.1. The monoisotopic (exact) mass is 169 g/mol. The summed E-state index contributed by atoms with van der Waals surface area (Å²) in [7, 11) is 0. The molecule has 0 bridgehead atoms. The molecule has 1 aromatic carbocycles. The number of nitrogens with zero attached hydrogens (tertiary/aromatic N) is 1. The zero-order valence-electron chi connectivity index (χ0n) is 6.58. The predicted octanol–water partition coefficient (Wildman–Crippen LogP) is 2.37. The molecule has 64 valence electrons. The number of rotatable bonds is 2. The van der Waals surface area contributed by atoms with Crippen molar-refractivity contribution in [3.63, 3.8) is 0 Å². The van der Waals surface area contributed by atoms with Crippen LogP contribution in [0.2, 0.25) is 0 Å². The minimum atomic E-state index is -0.666. The van der Waals surface area contributed by atoms with Gasteiger partial charge in [-0.05, 0) is 12.5 Å². The zero-order valence-corrected chi connectivity index (χ0v) is 6.58. The zero-order chi connectivity index (χ0) is 9.14. The molecule has 12 heavy (non-hydrogen) atoms. The Morgan fingerprint density at radius 3 is 2.75 bits per heavy atom. The molecule has 0 aliphatic rings. The van der Waals surface area contributed by atoms with Gasteiger partial charge in [0.25, 0.3) is 5.69 Å². The second kappa shape index (κ2) is 3.30. The van der Waals surface area contributed by atoms with Gasteiger partial charge in [-0.1, -0.05) is 12.1 Å². The molecule has 0 heterocycles. The van der Waals surface area contributed by atoms with Crippen LogP contribution < -0.4 is 0 Å². The van der Waals surface area contributed by atoms with Gasteiger partial charge in [0.2, 0.25) is 0 Å². The van der Waals surface area contributed by atoms with Gasteiger partial charge in [0.05, 0.1) is 4.92 Å². The molecule has 0 N–H and O–H groups in total. The number of nitro benzene ring substituents is 1. The van der Waals surface area contributed by atoms with Crippen LogP contribution in [0.5, 0.6) is 0 Å². The van der Waals surface area contributed by atoms with Crippen molar-refractivity contribution >= 4 is 5.69 Å². The molecule has 0 aliphatic heterocycles. The first-order valence-electron chi connectivity index (χ1n) is 3.45. The standard InChI is InChI=1S/C8H8FNO2/c1-6-2-3-7(5-9)4-8(6)10(11)12/h2-4H,5H2,1H3. The lowest BCUT2D eigenvalue weighted by Gasteiger charge is -1.97. The van der Waals surface area contributed by atoms with E-state index >= 15 is 0 Å². The lowest BCUT2D eigenvalue weighted by atomic mass is 10.1. The van der Waals surface area contributed by atoms with Crippen molar-refractivity contribution in [3.05, 3.63) is 39.4 Å². The molecule has 0 saturated carbocycles. The minimum Gasteiger partial charge on any atom is -0.258 e. The Balaban J connectivity index is 3.17. The van der Waals surface area contributed by atoms with E-state index in [0.717, 1.165) is 0 Å². The second-order valence-electron chi connectivity index (χ2n) is 2.51. The maximum atomic E-state index is 12.1. The average Bonchev–Trinajstić information content (AvgIpc) is 2.05. The minimum absolute atomic E-state index is 0.0230. The molecular formula is C8H8FNO2. The molecule has 0 atom stereocenters. The highest BCUT2D eigenvalue weighted by Gasteiger charge is 2.10. The van der Waals surface area contributed by atoms with Crippen LogP contribution >= 0.6 is 0 Å². The SMILES string of the molecule is Cc1ccc(CF)cc1[N+](=O)[O-]. The van der Waals surface area contributed by atoms with Crippen molar-refractivity contribution in [3.8, 4) is 0 Å². The number of nitro groups is 1. The summed E-state index contributed by atoms with van der Waals surface area (Å²) in [5, 5.41) is 10.4. The summed E-state index contributed by atoms with van der Waals surface area (Å²) in [6.07, 6.45) is 0. The van der Waals surface area contributed by atoms with Gasteiger partial charge in [-0.2, -0.15) is 0 Å². The van der Waals surface area contributed by atoms with Crippen LogP contribution in [0.3, 0.4) is 0 Å². The van der Waals surface area contributed by atoms with Crippen molar-refractivity contribution in [1.82, 2.24) is 0 Å². The Hall–Kier alpha value is -1.45. The largest absolute Gasteiger partial charge is 0.272 e. The molecule has 1 aromatic rings. The number of hydrogen-bond donors (Lipinski definition) is 0. The number of hydrogen-bond acceptors (Lipinski definition) is 2. The van der Waals surface area contributed by atoms with Crippen molar-refractivity contribution in [2.45, 2.75) is 13.6 Å². The smallest absolute Gasteiger partial charge is 0.258 e. The van der Waals surface area contributed by atoms with Gasteiger partial charge < -0.3 is 0 Å². The van der Waals surface area contributed by atoms with E-state index in [2.05, 4.69) is 0 Å². The first kappa shape index (κ1) is 8.64. The summed E-state index contributed by atoms with van der Waals surface area (Å²) in [5.41, 5.74) is 0.870. The average molecular weight is 169 g/mol. The van der Waals surface area contributed by atoms with Crippen LogP contribution in [0.1, 0.15) is 11.1 Å². The molecular weight excluding hydrogens is 161 g/mol. The molecule has 0 radical (unpaired) electrons. The summed E-state index contributed by atoms with van der Waals surface area (Å²) < 4.78 is 12.1. The number of halogens is 1. The van der Waals surface area contributed by atoms with Crippen LogP contribution in [0.15, 0.2) is 18.2 Å². The molecule has 0 unspecified atom stereocenters. The normalized spacial score (nSPS) is 9.83. The number of benzene rings is 1. The highest BCUT2D eigenvalue weighted by Crippen LogP contribution is 2.19. The Morgan fingerprint density at radius 1 is 1.58 bits per heavy atom. The highest BCUT2D eigenvalue weighted by atomic mass is 19.1. The molecule has 0 aliphatic carbocycles. The van der Waals surface area contributed by atoms with Gasteiger partial charge in [-0.3, -0.25) is 10.1 Å². The van der Waals surface area contributed by atoms with Gasteiger partial charge in [-0.25, -0.2) is 4.39 Å². The Bertz CT molecular complexity index is 312. The molecule has 0 amide bonds. The topological polar surface area (TPSA) is 43.1 Å². The molecule has 1 rings (SSSR count). The third-order valence-electron chi connectivity index (χ3n) is 1.62. The molecule has 0 spiro atoms. The van der Waals surface area contributed by atoms with Crippen molar-refractivity contribution in [1.29, 1.82) is 0 Å². The summed E-state index contributed by atoms with van der Waals surface area (Å²) >= 11 is 0. The van der Waals surface area contributed by atoms with Crippen LogP contribution in [-0.2, 0) is 6.67 Å².